The molecule has 3 aromatic carbocycles. The summed E-state index contributed by atoms with van der Waals surface area (Å²) in [6.45, 7) is 0.254. The first-order valence-corrected chi connectivity index (χ1v) is 10.8. The second-order valence-electron chi connectivity index (χ2n) is 7.24. The van der Waals surface area contributed by atoms with Gasteiger partial charge >= 0.3 is 6.18 Å². The van der Waals surface area contributed by atoms with Crippen molar-refractivity contribution < 1.29 is 27.8 Å². The minimum Gasteiger partial charge on any atom is -0.507 e. The van der Waals surface area contributed by atoms with Gasteiger partial charge in [0.2, 0.25) is 0 Å². The lowest BCUT2D eigenvalue weighted by molar-refractivity contribution is -0.140. The van der Waals surface area contributed by atoms with Crippen LogP contribution in [-0.2, 0) is 12.8 Å². The molecule has 174 valence electrons. The van der Waals surface area contributed by atoms with Gasteiger partial charge in [-0.15, -0.1) is 0 Å². The summed E-state index contributed by atoms with van der Waals surface area (Å²) in [5, 5.41) is 10.7. The number of phenols is 1. The van der Waals surface area contributed by atoms with E-state index in [0.29, 0.717) is 5.75 Å². The van der Waals surface area contributed by atoms with E-state index in [-0.39, 0.29) is 40.5 Å². The summed E-state index contributed by atoms with van der Waals surface area (Å²) in [6, 6.07) is 18.2. The quantitative estimate of drug-likeness (QED) is 0.294. The number of halogens is 4. The highest BCUT2D eigenvalue weighted by atomic mass is 79.9. The molecule has 0 atom stereocenters. The number of aromatic nitrogens is 2. The molecule has 4 rings (SSSR count). The normalized spacial score (nSPS) is 11.3. The van der Waals surface area contributed by atoms with Crippen molar-refractivity contribution in [1.82, 2.24) is 9.97 Å². The van der Waals surface area contributed by atoms with Crippen molar-refractivity contribution in [2.75, 3.05) is 7.11 Å². The van der Waals surface area contributed by atoms with Crippen LogP contribution in [0, 0.1) is 0 Å². The fourth-order valence-corrected chi connectivity index (χ4v) is 3.72. The van der Waals surface area contributed by atoms with E-state index in [1.54, 1.807) is 24.3 Å². The second-order valence-corrected chi connectivity index (χ2v) is 8.15. The minimum absolute atomic E-state index is 0.0798. The molecule has 9 heteroatoms. The molecule has 1 N–H and O–H groups in total. The Morgan fingerprint density at radius 3 is 2.35 bits per heavy atom. The first-order valence-electron chi connectivity index (χ1n) is 10.0. The molecule has 0 aliphatic carbocycles. The number of rotatable bonds is 6. The molecule has 0 radical (unpaired) electrons. The molecule has 4 aromatic rings. The number of para-hydroxylation sites is 1. The Morgan fingerprint density at radius 2 is 1.68 bits per heavy atom. The van der Waals surface area contributed by atoms with E-state index < -0.39 is 11.9 Å². The highest BCUT2D eigenvalue weighted by Crippen LogP contribution is 2.45. The number of phenolic OH excluding ortho intramolecular Hbond substituents is 1. The zero-order valence-corrected chi connectivity index (χ0v) is 19.4. The first-order chi connectivity index (χ1) is 16.3. The van der Waals surface area contributed by atoms with Crippen LogP contribution in [0.5, 0.6) is 17.2 Å². The van der Waals surface area contributed by atoms with Crippen molar-refractivity contribution in [3.63, 3.8) is 0 Å². The van der Waals surface area contributed by atoms with E-state index in [9.17, 15) is 18.3 Å². The van der Waals surface area contributed by atoms with Gasteiger partial charge in [-0.3, -0.25) is 0 Å². The van der Waals surface area contributed by atoms with Crippen LogP contribution in [0.4, 0.5) is 13.2 Å². The van der Waals surface area contributed by atoms with Crippen LogP contribution in [0.2, 0.25) is 0 Å². The molecule has 0 unspecified atom stereocenters. The third-order valence-corrected chi connectivity index (χ3v) is 5.56. The van der Waals surface area contributed by atoms with Crippen LogP contribution in [0.25, 0.3) is 22.4 Å². The molecule has 5 nitrogen and oxygen atoms in total. The molecular formula is C25H18BrF3N2O3. The van der Waals surface area contributed by atoms with Crippen molar-refractivity contribution in [3.05, 3.63) is 88.8 Å². The van der Waals surface area contributed by atoms with E-state index in [1.165, 1.54) is 25.3 Å². The van der Waals surface area contributed by atoms with E-state index in [2.05, 4.69) is 25.9 Å². The molecule has 0 bridgehead atoms. The SMILES string of the molecule is COc1ccccc1-c1c(-c2ccc(OCc3ccc(Br)cc3)cc2O)ncnc1C(F)(F)F. The van der Waals surface area contributed by atoms with E-state index in [0.717, 1.165) is 16.4 Å². The summed E-state index contributed by atoms with van der Waals surface area (Å²) in [5.74, 6) is 0.294. The molecule has 0 saturated carbocycles. The fraction of sp³-hybridized carbons (Fsp3) is 0.120. The third kappa shape index (κ3) is 4.99. The molecule has 0 spiro atoms. The van der Waals surface area contributed by atoms with Crippen molar-refractivity contribution in [2.24, 2.45) is 0 Å². The molecule has 0 aliphatic rings. The Hall–Kier alpha value is -3.59. The Morgan fingerprint density at radius 1 is 0.941 bits per heavy atom. The lowest BCUT2D eigenvalue weighted by Crippen LogP contribution is -2.12. The van der Waals surface area contributed by atoms with Gasteiger partial charge in [0.25, 0.3) is 0 Å². The van der Waals surface area contributed by atoms with Gasteiger partial charge in [-0.25, -0.2) is 9.97 Å². The van der Waals surface area contributed by atoms with Gasteiger partial charge in [-0.1, -0.05) is 46.3 Å². The van der Waals surface area contributed by atoms with Crippen LogP contribution >= 0.6 is 15.9 Å². The summed E-state index contributed by atoms with van der Waals surface area (Å²) < 4.78 is 53.6. The Balaban J connectivity index is 1.76. The number of hydrogen-bond acceptors (Lipinski definition) is 5. The van der Waals surface area contributed by atoms with Gasteiger partial charge in [0.1, 0.15) is 30.2 Å². The van der Waals surface area contributed by atoms with E-state index >= 15 is 0 Å². The predicted molar refractivity (Wildman–Crippen MR) is 125 cm³/mol. The highest BCUT2D eigenvalue weighted by Gasteiger charge is 2.38. The number of ether oxygens (including phenoxy) is 2. The second kappa shape index (κ2) is 9.72. The van der Waals surface area contributed by atoms with Crippen molar-refractivity contribution in [2.45, 2.75) is 12.8 Å². The average Bonchev–Trinajstić information content (AvgIpc) is 2.83. The molecule has 0 amide bonds. The molecule has 1 heterocycles. The Bertz CT molecular complexity index is 1310. The van der Waals surface area contributed by atoms with Gasteiger partial charge in [-0.2, -0.15) is 13.2 Å². The van der Waals surface area contributed by atoms with Crippen LogP contribution in [0.15, 0.2) is 77.5 Å². The van der Waals surface area contributed by atoms with Gasteiger partial charge in [0.05, 0.1) is 12.8 Å². The zero-order chi connectivity index (χ0) is 24.3. The summed E-state index contributed by atoms with van der Waals surface area (Å²) in [6.07, 6.45) is -3.92. The molecular weight excluding hydrogens is 513 g/mol. The summed E-state index contributed by atoms with van der Waals surface area (Å²) in [7, 11) is 1.37. The standard InChI is InChI=1S/C25H18BrF3N2O3/c1-33-21-5-3-2-4-19(21)22-23(30-14-31-24(22)25(27,28)29)18-11-10-17(12-20(18)32)34-13-15-6-8-16(26)9-7-15/h2-12,14,32H,13H2,1H3. The van der Waals surface area contributed by atoms with Gasteiger partial charge in [0, 0.05) is 27.2 Å². The average molecular weight is 531 g/mol. The Kier molecular flexibility index (Phi) is 6.74. The maximum Gasteiger partial charge on any atom is 0.434 e. The largest absolute Gasteiger partial charge is 0.507 e. The third-order valence-electron chi connectivity index (χ3n) is 5.04. The van der Waals surface area contributed by atoms with Gasteiger partial charge in [-0.05, 0) is 35.9 Å². The number of nitrogens with zero attached hydrogens (tertiary/aromatic N) is 2. The number of benzene rings is 3. The number of hydrogen-bond donors (Lipinski definition) is 1. The minimum atomic E-state index is -4.75. The maximum atomic E-state index is 13.9. The molecule has 1 aromatic heterocycles. The lowest BCUT2D eigenvalue weighted by Gasteiger charge is -2.18. The van der Waals surface area contributed by atoms with E-state index in [4.69, 9.17) is 9.47 Å². The van der Waals surface area contributed by atoms with Crippen LogP contribution in [0.1, 0.15) is 11.3 Å². The number of alkyl halides is 3. The zero-order valence-electron chi connectivity index (χ0n) is 17.8. The fourth-order valence-electron chi connectivity index (χ4n) is 3.46. The number of aromatic hydroxyl groups is 1. The van der Waals surface area contributed by atoms with Gasteiger partial charge in [0.15, 0.2) is 5.69 Å². The topological polar surface area (TPSA) is 64.5 Å². The van der Waals surface area contributed by atoms with Gasteiger partial charge < -0.3 is 14.6 Å². The van der Waals surface area contributed by atoms with Crippen molar-refractivity contribution >= 4 is 15.9 Å². The summed E-state index contributed by atoms with van der Waals surface area (Å²) >= 11 is 3.37. The molecule has 0 saturated heterocycles. The van der Waals surface area contributed by atoms with Crippen LogP contribution in [-0.4, -0.2) is 22.2 Å². The molecule has 0 fully saturated rings. The highest BCUT2D eigenvalue weighted by molar-refractivity contribution is 9.10. The summed E-state index contributed by atoms with van der Waals surface area (Å²) in [5.41, 5.74) is -0.324. The molecule has 0 aliphatic heterocycles. The van der Waals surface area contributed by atoms with Crippen molar-refractivity contribution in [3.8, 4) is 39.6 Å². The first kappa shape index (κ1) is 23.6. The predicted octanol–water partition coefficient (Wildman–Crippen LogP) is 6.89. The number of methoxy groups -OCH3 is 1. The monoisotopic (exact) mass is 530 g/mol. The summed E-state index contributed by atoms with van der Waals surface area (Å²) in [4.78, 5) is 7.60. The Labute approximate surface area is 202 Å². The smallest absolute Gasteiger partial charge is 0.434 e. The van der Waals surface area contributed by atoms with E-state index in [1.807, 2.05) is 24.3 Å². The molecule has 34 heavy (non-hydrogen) atoms. The lowest BCUT2D eigenvalue weighted by atomic mass is 9.96. The van der Waals surface area contributed by atoms with Crippen LogP contribution < -0.4 is 9.47 Å². The van der Waals surface area contributed by atoms with Crippen LogP contribution in [0.3, 0.4) is 0 Å². The maximum absolute atomic E-state index is 13.9. The van der Waals surface area contributed by atoms with Crippen molar-refractivity contribution in [1.29, 1.82) is 0 Å².